The molecule has 2 aromatic carbocycles. The van der Waals surface area contributed by atoms with Crippen molar-refractivity contribution in [3.63, 3.8) is 0 Å². The van der Waals surface area contributed by atoms with Crippen molar-refractivity contribution in [3.05, 3.63) is 65.2 Å². The van der Waals surface area contributed by atoms with Gasteiger partial charge < -0.3 is 15.0 Å². The third-order valence-electron chi connectivity index (χ3n) is 5.78. The molecule has 0 radical (unpaired) electrons. The van der Waals surface area contributed by atoms with Crippen LogP contribution in [0.15, 0.2) is 48.5 Å². The topological polar surface area (TPSA) is 58.6 Å². The summed E-state index contributed by atoms with van der Waals surface area (Å²) in [5.41, 5.74) is 4.15. The van der Waals surface area contributed by atoms with E-state index in [0.717, 1.165) is 49.1 Å². The van der Waals surface area contributed by atoms with Crippen molar-refractivity contribution < 1.29 is 14.3 Å². The highest BCUT2D eigenvalue weighted by Crippen LogP contribution is 2.33. The van der Waals surface area contributed by atoms with E-state index in [9.17, 15) is 9.59 Å². The minimum atomic E-state index is 0.00363. The van der Waals surface area contributed by atoms with E-state index in [-0.39, 0.29) is 23.8 Å². The lowest BCUT2D eigenvalue weighted by Gasteiger charge is -2.23. The van der Waals surface area contributed by atoms with Crippen LogP contribution in [-0.4, -0.2) is 31.1 Å². The van der Waals surface area contributed by atoms with E-state index >= 15 is 0 Å². The Bertz CT molecular complexity index is 884. The van der Waals surface area contributed by atoms with Crippen molar-refractivity contribution >= 4 is 17.5 Å². The molecule has 0 spiro atoms. The highest BCUT2D eigenvalue weighted by molar-refractivity contribution is 5.96. The fourth-order valence-electron chi connectivity index (χ4n) is 3.91. The number of amides is 2. The Balaban J connectivity index is 1.40. The molecule has 1 atom stereocenters. The van der Waals surface area contributed by atoms with Crippen LogP contribution in [0.1, 0.15) is 42.4 Å². The summed E-state index contributed by atoms with van der Waals surface area (Å²) in [5.74, 6) is 0.348. The molecule has 0 aromatic heterocycles. The Hall–Kier alpha value is -2.66. The number of aryl methyl sites for hydroxylation is 1. The maximum Gasteiger partial charge on any atom is 0.230 e. The van der Waals surface area contributed by atoms with Crippen molar-refractivity contribution in [1.29, 1.82) is 0 Å². The second kappa shape index (κ2) is 9.43. The molecule has 0 unspecified atom stereocenters. The molecule has 2 aliphatic rings. The van der Waals surface area contributed by atoms with Gasteiger partial charge in [-0.15, -0.1) is 0 Å². The zero-order valence-electron chi connectivity index (χ0n) is 17.6. The Kier molecular flexibility index (Phi) is 6.48. The first-order valence-electron chi connectivity index (χ1n) is 10.9. The van der Waals surface area contributed by atoms with Crippen molar-refractivity contribution in [2.75, 3.05) is 18.1 Å². The third kappa shape index (κ3) is 5.48. The lowest BCUT2D eigenvalue weighted by Crippen LogP contribution is -2.33. The second-order valence-corrected chi connectivity index (χ2v) is 8.47. The molecule has 158 valence electrons. The molecule has 4 rings (SSSR count). The number of hydrogen-bond donors (Lipinski definition) is 1. The summed E-state index contributed by atoms with van der Waals surface area (Å²) in [6.07, 6.45) is 4.53. The molecular formula is C25H30N2O3. The number of anilines is 1. The summed E-state index contributed by atoms with van der Waals surface area (Å²) in [7, 11) is 0. The second-order valence-electron chi connectivity index (χ2n) is 8.47. The molecule has 5 heteroatoms. The van der Waals surface area contributed by atoms with Gasteiger partial charge in [0.2, 0.25) is 11.8 Å². The molecule has 1 N–H and O–H groups in total. The highest BCUT2D eigenvalue weighted by Gasteiger charge is 2.34. The van der Waals surface area contributed by atoms with Crippen LogP contribution in [-0.2, 0) is 27.3 Å². The number of ether oxygens (including phenoxy) is 1. The Morgan fingerprint density at radius 2 is 1.87 bits per heavy atom. The fraction of sp³-hybridized carbons (Fsp3) is 0.440. The van der Waals surface area contributed by atoms with Gasteiger partial charge in [-0.2, -0.15) is 0 Å². The first-order valence-corrected chi connectivity index (χ1v) is 10.9. The molecule has 1 heterocycles. The smallest absolute Gasteiger partial charge is 0.230 e. The zero-order chi connectivity index (χ0) is 20.9. The number of nitrogens with zero attached hydrogens (tertiary/aromatic N) is 1. The quantitative estimate of drug-likeness (QED) is 0.726. The first-order chi connectivity index (χ1) is 14.6. The molecule has 1 aliphatic heterocycles. The minimum absolute atomic E-state index is 0.00363. The van der Waals surface area contributed by atoms with Gasteiger partial charge in [-0.1, -0.05) is 42.0 Å². The van der Waals surface area contributed by atoms with E-state index in [1.54, 1.807) is 0 Å². The molecule has 30 heavy (non-hydrogen) atoms. The van der Waals surface area contributed by atoms with Crippen LogP contribution in [0, 0.1) is 12.8 Å². The molecule has 2 fully saturated rings. The van der Waals surface area contributed by atoms with Crippen LogP contribution in [0.4, 0.5) is 5.69 Å². The molecule has 2 aromatic rings. The highest BCUT2D eigenvalue weighted by atomic mass is 16.5. The SMILES string of the molecule is Cc1cccc(CN(C(=O)C2CC2)c2ccc(CC(=O)NC[C@H]3CCCO3)cc2)c1. The number of benzene rings is 2. The fourth-order valence-corrected chi connectivity index (χ4v) is 3.91. The monoisotopic (exact) mass is 406 g/mol. The van der Waals surface area contributed by atoms with Crippen molar-refractivity contribution in [3.8, 4) is 0 Å². The number of carbonyl (C=O) groups excluding carboxylic acids is 2. The largest absolute Gasteiger partial charge is 0.376 e. The Morgan fingerprint density at radius 1 is 1.07 bits per heavy atom. The summed E-state index contributed by atoms with van der Waals surface area (Å²) >= 11 is 0. The van der Waals surface area contributed by atoms with Gasteiger partial charge in [0.25, 0.3) is 0 Å². The Morgan fingerprint density at radius 3 is 2.53 bits per heavy atom. The average molecular weight is 407 g/mol. The number of nitrogens with one attached hydrogen (secondary N) is 1. The van der Waals surface area contributed by atoms with Gasteiger partial charge in [0, 0.05) is 24.8 Å². The lowest BCUT2D eigenvalue weighted by molar-refractivity contribution is -0.121. The van der Waals surface area contributed by atoms with Crippen LogP contribution in [0.5, 0.6) is 0 Å². The van der Waals surface area contributed by atoms with E-state index in [0.29, 0.717) is 19.5 Å². The van der Waals surface area contributed by atoms with E-state index in [4.69, 9.17) is 4.74 Å². The van der Waals surface area contributed by atoms with Crippen molar-refractivity contribution in [2.45, 2.75) is 51.7 Å². The normalized spacial score (nSPS) is 18.2. The van der Waals surface area contributed by atoms with Crippen LogP contribution in [0.25, 0.3) is 0 Å². The summed E-state index contributed by atoms with van der Waals surface area (Å²) < 4.78 is 5.55. The van der Waals surface area contributed by atoms with Gasteiger partial charge in [0.05, 0.1) is 19.1 Å². The number of rotatable bonds is 8. The molecule has 1 saturated carbocycles. The van der Waals surface area contributed by atoms with Gasteiger partial charge in [-0.3, -0.25) is 9.59 Å². The van der Waals surface area contributed by atoms with Crippen LogP contribution < -0.4 is 10.2 Å². The molecule has 0 bridgehead atoms. The third-order valence-corrected chi connectivity index (χ3v) is 5.78. The van der Waals surface area contributed by atoms with E-state index < -0.39 is 0 Å². The van der Waals surface area contributed by atoms with E-state index in [2.05, 4.69) is 30.4 Å². The van der Waals surface area contributed by atoms with E-state index in [1.165, 1.54) is 5.56 Å². The molecule has 2 amide bonds. The lowest BCUT2D eigenvalue weighted by atomic mass is 10.1. The van der Waals surface area contributed by atoms with Crippen molar-refractivity contribution in [1.82, 2.24) is 5.32 Å². The van der Waals surface area contributed by atoms with Crippen LogP contribution >= 0.6 is 0 Å². The van der Waals surface area contributed by atoms with Gasteiger partial charge >= 0.3 is 0 Å². The summed E-state index contributed by atoms with van der Waals surface area (Å²) in [4.78, 5) is 27.0. The van der Waals surface area contributed by atoms with Crippen molar-refractivity contribution in [2.24, 2.45) is 5.92 Å². The average Bonchev–Trinajstić information content (AvgIpc) is 3.46. The van der Waals surface area contributed by atoms with Gasteiger partial charge in [-0.05, 0) is 55.9 Å². The summed E-state index contributed by atoms with van der Waals surface area (Å²) in [6, 6.07) is 16.1. The molecule has 1 saturated heterocycles. The maximum absolute atomic E-state index is 12.9. The predicted octanol–water partition coefficient (Wildman–Crippen LogP) is 3.78. The number of carbonyl (C=O) groups is 2. The zero-order valence-corrected chi connectivity index (χ0v) is 17.6. The molecule has 5 nitrogen and oxygen atoms in total. The summed E-state index contributed by atoms with van der Waals surface area (Å²) in [6.45, 7) is 4.01. The van der Waals surface area contributed by atoms with Crippen LogP contribution in [0.3, 0.4) is 0 Å². The van der Waals surface area contributed by atoms with Crippen LogP contribution in [0.2, 0.25) is 0 Å². The summed E-state index contributed by atoms with van der Waals surface area (Å²) in [5, 5.41) is 2.96. The first kappa shape index (κ1) is 20.6. The van der Waals surface area contributed by atoms with E-state index in [1.807, 2.05) is 35.2 Å². The van der Waals surface area contributed by atoms with Gasteiger partial charge in [0.15, 0.2) is 0 Å². The Labute approximate surface area is 178 Å². The standard InChI is InChI=1S/C25H30N2O3/c1-18-4-2-5-20(14-18)17-27(25(29)21-9-10-21)22-11-7-19(8-12-22)15-24(28)26-16-23-6-3-13-30-23/h2,4-5,7-8,11-12,14,21,23H,3,6,9-10,13,15-17H2,1H3,(H,26,28)/t23-/m1/s1. The predicted molar refractivity (Wildman–Crippen MR) is 117 cm³/mol. The number of hydrogen-bond acceptors (Lipinski definition) is 3. The molecule has 1 aliphatic carbocycles. The minimum Gasteiger partial charge on any atom is -0.376 e. The van der Waals surface area contributed by atoms with Gasteiger partial charge in [-0.25, -0.2) is 0 Å². The molecular weight excluding hydrogens is 376 g/mol. The maximum atomic E-state index is 12.9. The van der Waals surface area contributed by atoms with Gasteiger partial charge in [0.1, 0.15) is 0 Å².